The number of aryl methyl sites for hydroxylation is 1. The second-order valence-electron chi connectivity index (χ2n) is 9.03. The lowest BCUT2D eigenvalue weighted by Gasteiger charge is -2.14. The van der Waals surface area contributed by atoms with E-state index in [2.05, 4.69) is 0 Å². The molecule has 0 fully saturated rings. The van der Waals surface area contributed by atoms with Gasteiger partial charge in [0.05, 0.1) is 22.4 Å². The molecule has 1 aliphatic heterocycles. The number of esters is 1. The summed E-state index contributed by atoms with van der Waals surface area (Å²) in [5, 5.41) is 0.486. The first-order chi connectivity index (χ1) is 18.7. The number of benzene rings is 4. The third-order valence-corrected chi connectivity index (χ3v) is 7.52. The molecule has 0 aliphatic carbocycles. The second-order valence-corrected chi connectivity index (χ2v) is 10.6. The van der Waals surface area contributed by atoms with E-state index < -0.39 is 23.9 Å². The van der Waals surface area contributed by atoms with E-state index in [0.717, 1.165) is 14.7 Å². The molecule has 1 unspecified atom stereocenters. The molecule has 0 radical (unpaired) electrons. The summed E-state index contributed by atoms with van der Waals surface area (Å²) < 4.78 is 5.35. The molecule has 4 aromatic rings. The second kappa shape index (κ2) is 10.9. The zero-order valence-electron chi connectivity index (χ0n) is 21.0. The summed E-state index contributed by atoms with van der Waals surface area (Å²) in [6.45, 7) is 3.50. The Labute approximate surface area is 234 Å². The molecule has 0 spiro atoms. The number of Topliss-reactive ketones (excluding diaryl/α,β-unsaturated/α-hetero) is 1. The SMILES string of the molecule is Cc1ccc(Sc2ccc(N3C(=O)c4ccc(C(=O)OC(C)C(=O)c5ccc(Cl)cc5)cc4C3=O)cc2)cc1. The number of fused-ring (bicyclic) bond motifs is 1. The number of imide groups is 1. The van der Waals surface area contributed by atoms with Crippen molar-refractivity contribution in [2.45, 2.75) is 29.7 Å². The van der Waals surface area contributed by atoms with Crippen molar-refractivity contribution < 1.29 is 23.9 Å². The molecule has 6 nitrogen and oxygen atoms in total. The summed E-state index contributed by atoms with van der Waals surface area (Å²) in [7, 11) is 0. The Bertz CT molecular complexity index is 1600. The Morgan fingerprint density at radius 1 is 0.769 bits per heavy atom. The largest absolute Gasteiger partial charge is 0.451 e. The number of carbonyl (C=O) groups is 4. The fourth-order valence-corrected chi connectivity index (χ4v) is 5.08. The van der Waals surface area contributed by atoms with Gasteiger partial charge in [0, 0.05) is 20.4 Å². The summed E-state index contributed by atoms with van der Waals surface area (Å²) in [5.41, 5.74) is 2.33. The van der Waals surface area contributed by atoms with E-state index in [4.69, 9.17) is 16.3 Å². The van der Waals surface area contributed by atoms with Crippen LogP contribution in [0.2, 0.25) is 5.02 Å². The minimum atomic E-state index is -1.06. The first-order valence-corrected chi connectivity index (χ1v) is 13.3. The van der Waals surface area contributed by atoms with Gasteiger partial charge in [0.2, 0.25) is 5.78 Å². The lowest BCUT2D eigenvalue weighted by Crippen LogP contribution is -2.29. The fourth-order valence-electron chi connectivity index (χ4n) is 4.14. The summed E-state index contributed by atoms with van der Waals surface area (Å²) in [5.74, 6) is -2.17. The Hall–Kier alpha value is -4.20. The maximum absolute atomic E-state index is 13.2. The predicted octanol–water partition coefficient (Wildman–Crippen LogP) is 7.03. The van der Waals surface area contributed by atoms with E-state index in [1.165, 1.54) is 30.7 Å². The minimum absolute atomic E-state index is 0.0670. The van der Waals surface area contributed by atoms with Crippen molar-refractivity contribution >= 4 is 52.6 Å². The first-order valence-electron chi connectivity index (χ1n) is 12.1. The molecule has 194 valence electrons. The van der Waals surface area contributed by atoms with Crippen LogP contribution in [0.25, 0.3) is 0 Å². The molecule has 0 saturated heterocycles. The third kappa shape index (κ3) is 5.50. The van der Waals surface area contributed by atoms with E-state index in [-0.39, 0.29) is 22.5 Å². The molecule has 1 aliphatic rings. The molecular formula is C31H22ClNO5S. The summed E-state index contributed by atoms with van der Waals surface area (Å²) in [4.78, 5) is 54.8. The number of hydrogen-bond acceptors (Lipinski definition) is 6. The minimum Gasteiger partial charge on any atom is -0.451 e. The quantitative estimate of drug-likeness (QED) is 0.138. The highest BCUT2D eigenvalue weighted by Gasteiger charge is 2.37. The van der Waals surface area contributed by atoms with Gasteiger partial charge in [-0.3, -0.25) is 14.4 Å². The lowest BCUT2D eigenvalue weighted by molar-refractivity contribution is 0.0318. The number of ketones is 1. The molecule has 4 aromatic carbocycles. The molecule has 1 heterocycles. The molecule has 8 heteroatoms. The van der Waals surface area contributed by atoms with Crippen LogP contribution < -0.4 is 4.90 Å². The van der Waals surface area contributed by atoms with Gasteiger partial charge in [0.25, 0.3) is 11.8 Å². The number of anilines is 1. The van der Waals surface area contributed by atoms with Gasteiger partial charge in [-0.25, -0.2) is 9.69 Å². The van der Waals surface area contributed by atoms with Crippen molar-refractivity contribution in [3.8, 4) is 0 Å². The van der Waals surface area contributed by atoms with Crippen LogP contribution in [0.5, 0.6) is 0 Å². The van der Waals surface area contributed by atoms with Crippen LogP contribution in [-0.4, -0.2) is 29.7 Å². The van der Waals surface area contributed by atoms with Crippen LogP contribution in [0.15, 0.2) is 101 Å². The summed E-state index contributed by atoms with van der Waals surface area (Å²) >= 11 is 7.44. The Morgan fingerprint density at radius 2 is 1.33 bits per heavy atom. The number of hydrogen-bond donors (Lipinski definition) is 0. The molecule has 0 N–H and O–H groups in total. The third-order valence-electron chi connectivity index (χ3n) is 6.26. The standard InChI is InChI=1S/C31H22ClNO5S/c1-18-3-12-24(13-4-18)39-25-14-10-23(11-15-25)33-29(35)26-16-7-21(17-27(26)30(33)36)31(37)38-19(2)28(34)20-5-8-22(32)9-6-20/h3-17,19H,1-2H3. The van der Waals surface area contributed by atoms with Crippen LogP contribution in [0, 0.1) is 6.92 Å². The first kappa shape index (κ1) is 26.4. The molecule has 39 heavy (non-hydrogen) atoms. The highest BCUT2D eigenvalue weighted by Crippen LogP contribution is 2.33. The van der Waals surface area contributed by atoms with E-state index in [1.54, 1.807) is 48.2 Å². The summed E-state index contributed by atoms with van der Waals surface area (Å²) in [6, 6.07) is 25.7. The van der Waals surface area contributed by atoms with Gasteiger partial charge in [-0.15, -0.1) is 0 Å². The van der Waals surface area contributed by atoms with Gasteiger partial charge < -0.3 is 4.74 Å². The number of carbonyl (C=O) groups excluding carboxylic acids is 4. The van der Waals surface area contributed by atoms with Crippen LogP contribution >= 0.6 is 23.4 Å². The average molecular weight is 556 g/mol. The van der Waals surface area contributed by atoms with Crippen LogP contribution in [-0.2, 0) is 4.74 Å². The van der Waals surface area contributed by atoms with Crippen molar-refractivity contribution in [1.82, 2.24) is 0 Å². The Morgan fingerprint density at radius 3 is 1.97 bits per heavy atom. The van der Waals surface area contributed by atoms with Gasteiger partial charge in [0.15, 0.2) is 6.10 Å². The highest BCUT2D eigenvalue weighted by molar-refractivity contribution is 7.99. The van der Waals surface area contributed by atoms with Gasteiger partial charge >= 0.3 is 5.97 Å². The molecular weight excluding hydrogens is 534 g/mol. The number of ether oxygens (including phenoxy) is 1. The van der Waals surface area contributed by atoms with E-state index in [0.29, 0.717) is 16.3 Å². The maximum atomic E-state index is 13.2. The van der Waals surface area contributed by atoms with E-state index in [1.807, 2.05) is 43.3 Å². The zero-order chi connectivity index (χ0) is 27.7. The Balaban J connectivity index is 1.29. The van der Waals surface area contributed by atoms with Gasteiger partial charge in [-0.2, -0.15) is 0 Å². The number of amides is 2. The number of rotatable bonds is 7. The molecule has 0 aromatic heterocycles. The van der Waals surface area contributed by atoms with E-state index >= 15 is 0 Å². The van der Waals surface area contributed by atoms with Gasteiger partial charge in [-0.1, -0.05) is 41.1 Å². The molecule has 0 bridgehead atoms. The summed E-state index contributed by atoms with van der Waals surface area (Å²) in [6.07, 6.45) is -1.06. The normalized spacial score (nSPS) is 13.3. The van der Waals surface area contributed by atoms with Gasteiger partial charge in [0.1, 0.15) is 0 Å². The van der Waals surface area contributed by atoms with Crippen LogP contribution in [0.1, 0.15) is 53.9 Å². The highest BCUT2D eigenvalue weighted by atomic mass is 35.5. The molecule has 2 amide bonds. The number of nitrogens with zero attached hydrogens (tertiary/aromatic N) is 1. The lowest BCUT2D eigenvalue weighted by atomic mass is 10.1. The van der Waals surface area contributed by atoms with Crippen molar-refractivity contribution in [3.05, 3.63) is 124 Å². The van der Waals surface area contributed by atoms with Crippen molar-refractivity contribution in [2.75, 3.05) is 4.90 Å². The van der Waals surface area contributed by atoms with Gasteiger partial charge in [-0.05, 0) is 92.7 Å². The Kier molecular flexibility index (Phi) is 7.37. The topological polar surface area (TPSA) is 80.8 Å². The number of halogens is 1. The molecule has 0 saturated carbocycles. The van der Waals surface area contributed by atoms with Crippen molar-refractivity contribution in [1.29, 1.82) is 0 Å². The monoisotopic (exact) mass is 555 g/mol. The average Bonchev–Trinajstić information content (AvgIpc) is 3.19. The van der Waals surface area contributed by atoms with Crippen molar-refractivity contribution in [2.24, 2.45) is 0 Å². The maximum Gasteiger partial charge on any atom is 0.338 e. The predicted molar refractivity (Wildman–Crippen MR) is 150 cm³/mol. The fraction of sp³-hybridized carbons (Fsp3) is 0.0968. The van der Waals surface area contributed by atoms with Crippen LogP contribution in [0.4, 0.5) is 5.69 Å². The van der Waals surface area contributed by atoms with Crippen molar-refractivity contribution in [3.63, 3.8) is 0 Å². The molecule has 5 rings (SSSR count). The zero-order valence-corrected chi connectivity index (χ0v) is 22.6. The molecule has 1 atom stereocenters. The van der Waals surface area contributed by atoms with Crippen LogP contribution in [0.3, 0.4) is 0 Å². The smallest absolute Gasteiger partial charge is 0.338 e. The van der Waals surface area contributed by atoms with E-state index in [9.17, 15) is 19.2 Å².